The van der Waals surface area contributed by atoms with E-state index >= 15 is 0 Å². The highest BCUT2D eigenvalue weighted by Crippen LogP contribution is 2.29. The van der Waals surface area contributed by atoms with Crippen LogP contribution in [-0.2, 0) is 11.2 Å². The average Bonchev–Trinajstić information content (AvgIpc) is 3.23. The topological polar surface area (TPSA) is 153 Å². The van der Waals surface area contributed by atoms with Gasteiger partial charge in [-0.25, -0.2) is 0 Å². The third-order valence-electron chi connectivity index (χ3n) is 6.17. The maximum atomic E-state index is 13.3. The van der Waals surface area contributed by atoms with Gasteiger partial charge in [0, 0.05) is 58.8 Å². The molecule has 2 aromatic heterocycles. The number of hydrogen-bond acceptors (Lipinski definition) is 5. The number of aliphatic carboxylic acids is 1. The van der Waals surface area contributed by atoms with Crippen LogP contribution in [0.3, 0.4) is 0 Å². The number of carboxylic acid groups (broad SMARTS) is 1. The molecule has 2 aromatic carbocycles. The first-order valence-electron chi connectivity index (χ1n) is 11.8. The maximum Gasteiger partial charge on any atom is 0.305 e. The Morgan fingerprint density at radius 1 is 1.05 bits per heavy atom. The number of aryl methyl sites for hydroxylation is 2. The lowest BCUT2D eigenvalue weighted by Crippen LogP contribution is -2.33. The van der Waals surface area contributed by atoms with Crippen molar-refractivity contribution < 1.29 is 19.5 Å². The number of nitrogens with two attached hydrogens (primary N) is 1. The van der Waals surface area contributed by atoms with Crippen LogP contribution in [0.1, 0.15) is 50.4 Å². The van der Waals surface area contributed by atoms with Crippen molar-refractivity contribution >= 4 is 40.1 Å². The second-order valence-corrected chi connectivity index (χ2v) is 8.73. The fourth-order valence-corrected chi connectivity index (χ4v) is 4.28. The summed E-state index contributed by atoms with van der Waals surface area (Å²) >= 11 is 0. The SMILES string of the molecule is Cc1[nH]c2ccc(N(CCC(=O)O)C(=O)c3cccnc3)cc2c1C(=O)CCc1ccc(C(=N)N)cc1. The number of anilines is 1. The molecule has 4 rings (SSSR count). The number of rotatable bonds is 10. The van der Waals surface area contributed by atoms with Crippen molar-refractivity contribution in [2.24, 2.45) is 5.73 Å². The van der Waals surface area contributed by atoms with E-state index in [0.29, 0.717) is 34.2 Å². The van der Waals surface area contributed by atoms with Gasteiger partial charge in [0.1, 0.15) is 5.84 Å². The van der Waals surface area contributed by atoms with E-state index in [1.54, 1.807) is 48.7 Å². The van der Waals surface area contributed by atoms with E-state index in [0.717, 1.165) is 16.8 Å². The molecular weight excluding hydrogens is 470 g/mol. The summed E-state index contributed by atoms with van der Waals surface area (Å²) in [6.07, 6.45) is 3.56. The molecule has 0 aliphatic rings. The lowest BCUT2D eigenvalue weighted by Gasteiger charge is -2.22. The number of H-pyrrole nitrogens is 1. The third kappa shape index (κ3) is 5.72. The average molecular weight is 498 g/mol. The lowest BCUT2D eigenvalue weighted by molar-refractivity contribution is -0.136. The fourth-order valence-electron chi connectivity index (χ4n) is 4.28. The van der Waals surface area contributed by atoms with Gasteiger partial charge in [0.15, 0.2) is 5.78 Å². The summed E-state index contributed by atoms with van der Waals surface area (Å²) in [6, 6.07) is 15.8. The number of aromatic amines is 1. The van der Waals surface area contributed by atoms with Gasteiger partial charge in [-0.1, -0.05) is 24.3 Å². The monoisotopic (exact) mass is 497 g/mol. The van der Waals surface area contributed by atoms with Crippen LogP contribution in [0.2, 0.25) is 0 Å². The van der Waals surface area contributed by atoms with E-state index in [2.05, 4.69) is 9.97 Å². The molecule has 37 heavy (non-hydrogen) atoms. The molecule has 0 saturated heterocycles. The van der Waals surface area contributed by atoms with Crippen molar-refractivity contribution in [3.8, 4) is 0 Å². The van der Waals surface area contributed by atoms with Crippen LogP contribution in [0.5, 0.6) is 0 Å². The maximum absolute atomic E-state index is 13.3. The molecule has 1 amide bonds. The number of carboxylic acids is 1. The van der Waals surface area contributed by atoms with Crippen molar-refractivity contribution in [1.82, 2.24) is 9.97 Å². The largest absolute Gasteiger partial charge is 0.481 e. The Balaban J connectivity index is 1.63. The van der Waals surface area contributed by atoms with Crippen LogP contribution in [0, 0.1) is 12.3 Å². The van der Waals surface area contributed by atoms with Crippen LogP contribution in [0.4, 0.5) is 5.69 Å². The highest BCUT2D eigenvalue weighted by molar-refractivity contribution is 6.12. The number of Topliss-reactive ketones (excluding diaryl/α,β-unsaturated/α-hetero) is 1. The van der Waals surface area contributed by atoms with Gasteiger partial charge >= 0.3 is 5.97 Å². The number of amidine groups is 1. The summed E-state index contributed by atoms with van der Waals surface area (Å²) in [5.41, 5.74) is 9.95. The van der Waals surface area contributed by atoms with Crippen LogP contribution in [0.25, 0.3) is 10.9 Å². The first-order valence-corrected chi connectivity index (χ1v) is 11.8. The Morgan fingerprint density at radius 3 is 2.46 bits per heavy atom. The minimum Gasteiger partial charge on any atom is -0.481 e. The Kier molecular flexibility index (Phi) is 7.43. The molecule has 0 bridgehead atoms. The number of fused-ring (bicyclic) bond motifs is 1. The van der Waals surface area contributed by atoms with E-state index in [1.807, 2.05) is 19.1 Å². The number of nitrogens with zero attached hydrogens (tertiary/aromatic N) is 2. The van der Waals surface area contributed by atoms with Gasteiger partial charge in [-0.15, -0.1) is 0 Å². The lowest BCUT2D eigenvalue weighted by atomic mass is 9.99. The smallest absolute Gasteiger partial charge is 0.305 e. The number of ketones is 1. The Morgan fingerprint density at radius 2 is 1.81 bits per heavy atom. The normalized spacial score (nSPS) is 10.8. The van der Waals surface area contributed by atoms with Gasteiger partial charge < -0.3 is 20.7 Å². The fraction of sp³-hybridized carbons (Fsp3) is 0.179. The number of benzene rings is 2. The standard InChI is InChI=1S/C28H27N5O4/c1-17-26(24(34)11-6-18-4-7-19(8-5-18)27(29)30)22-15-21(9-10-23(22)32-17)33(14-12-25(35)36)28(37)20-3-2-13-31-16-20/h2-5,7-10,13,15-16,32H,6,11-12,14H2,1H3,(H3,29,30)(H,35,36). The van der Waals surface area contributed by atoms with E-state index in [-0.39, 0.29) is 36.9 Å². The number of pyridine rings is 1. The first kappa shape index (κ1) is 25.3. The van der Waals surface area contributed by atoms with E-state index < -0.39 is 5.97 Å². The van der Waals surface area contributed by atoms with Crippen LogP contribution >= 0.6 is 0 Å². The van der Waals surface area contributed by atoms with Gasteiger partial charge in [0.25, 0.3) is 5.91 Å². The predicted octanol–water partition coefficient (Wildman–Crippen LogP) is 4.09. The molecule has 5 N–H and O–H groups in total. The summed E-state index contributed by atoms with van der Waals surface area (Å²) in [5, 5.41) is 17.4. The Labute approximate surface area is 213 Å². The molecule has 0 saturated carbocycles. The summed E-state index contributed by atoms with van der Waals surface area (Å²) in [6.45, 7) is 1.80. The van der Waals surface area contributed by atoms with Crippen molar-refractivity contribution in [2.75, 3.05) is 11.4 Å². The van der Waals surface area contributed by atoms with Gasteiger partial charge in [0.05, 0.1) is 12.0 Å². The van der Waals surface area contributed by atoms with Gasteiger partial charge in [-0.2, -0.15) is 0 Å². The first-order chi connectivity index (χ1) is 17.7. The molecule has 4 aromatic rings. The zero-order valence-electron chi connectivity index (χ0n) is 20.3. The molecule has 0 aliphatic heterocycles. The van der Waals surface area contributed by atoms with Gasteiger partial charge in [0.2, 0.25) is 0 Å². The molecule has 9 heteroatoms. The number of amides is 1. The quantitative estimate of drug-likeness (QED) is 0.147. The van der Waals surface area contributed by atoms with Crippen LogP contribution in [0.15, 0.2) is 67.0 Å². The summed E-state index contributed by atoms with van der Waals surface area (Å²) in [5.74, 6) is -1.45. The summed E-state index contributed by atoms with van der Waals surface area (Å²) < 4.78 is 0. The minimum absolute atomic E-state index is 0.00717. The summed E-state index contributed by atoms with van der Waals surface area (Å²) in [7, 11) is 0. The number of nitrogen functional groups attached to an aromatic ring is 1. The molecule has 0 unspecified atom stereocenters. The zero-order chi connectivity index (χ0) is 26.5. The van der Waals surface area contributed by atoms with Crippen molar-refractivity contribution in [3.05, 3.63) is 94.9 Å². The molecule has 0 fully saturated rings. The van der Waals surface area contributed by atoms with E-state index in [9.17, 15) is 19.5 Å². The van der Waals surface area contributed by atoms with Crippen molar-refractivity contribution in [1.29, 1.82) is 5.41 Å². The Hall–Kier alpha value is -4.79. The highest BCUT2D eigenvalue weighted by Gasteiger charge is 2.22. The van der Waals surface area contributed by atoms with E-state index in [4.69, 9.17) is 11.1 Å². The van der Waals surface area contributed by atoms with Crippen molar-refractivity contribution in [3.63, 3.8) is 0 Å². The number of nitrogens with one attached hydrogen (secondary N) is 2. The highest BCUT2D eigenvalue weighted by atomic mass is 16.4. The molecule has 9 nitrogen and oxygen atoms in total. The molecule has 0 atom stereocenters. The molecule has 0 radical (unpaired) electrons. The van der Waals surface area contributed by atoms with Crippen LogP contribution < -0.4 is 10.6 Å². The number of hydrogen-bond donors (Lipinski definition) is 4. The van der Waals surface area contributed by atoms with Crippen LogP contribution in [-0.4, -0.2) is 45.1 Å². The molecule has 0 aliphatic carbocycles. The van der Waals surface area contributed by atoms with Crippen molar-refractivity contribution in [2.45, 2.75) is 26.2 Å². The number of carbonyl (C=O) groups excluding carboxylic acids is 2. The van der Waals surface area contributed by atoms with E-state index in [1.165, 1.54) is 11.1 Å². The Bertz CT molecular complexity index is 1480. The third-order valence-corrected chi connectivity index (χ3v) is 6.17. The number of aromatic nitrogens is 2. The summed E-state index contributed by atoms with van der Waals surface area (Å²) in [4.78, 5) is 46.5. The minimum atomic E-state index is -1.02. The second kappa shape index (κ2) is 10.9. The van der Waals surface area contributed by atoms with Gasteiger partial charge in [-0.3, -0.25) is 24.8 Å². The predicted molar refractivity (Wildman–Crippen MR) is 141 cm³/mol. The molecular formula is C28H27N5O4. The molecule has 2 heterocycles. The number of carbonyl (C=O) groups is 3. The van der Waals surface area contributed by atoms with Gasteiger partial charge in [-0.05, 0) is 49.2 Å². The molecule has 188 valence electrons. The molecule has 0 spiro atoms. The zero-order valence-corrected chi connectivity index (χ0v) is 20.3. The second-order valence-electron chi connectivity index (χ2n) is 8.73.